The lowest BCUT2D eigenvalue weighted by atomic mass is 9.89. The molecule has 4 N–H and O–H groups in total. The van der Waals surface area contributed by atoms with Crippen LogP contribution in [0, 0.1) is 10.8 Å². The second-order valence-corrected chi connectivity index (χ2v) is 16.3. The van der Waals surface area contributed by atoms with E-state index in [1.54, 1.807) is 41.5 Å². The van der Waals surface area contributed by atoms with Crippen molar-refractivity contribution in [2.75, 3.05) is 43.7 Å². The number of tetrazole rings is 1. The fourth-order valence-electron chi connectivity index (χ4n) is 4.50. The number of aromatic nitrogens is 6. The Morgan fingerprint density at radius 1 is 1.19 bits per heavy atom. The predicted octanol–water partition coefficient (Wildman–Crippen LogP) is 0.807. The van der Waals surface area contributed by atoms with Crippen LogP contribution in [0.25, 0.3) is 0 Å². The van der Waals surface area contributed by atoms with Gasteiger partial charge < -0.3 is 40.3 Å². The summed E-state index contributed by atoms with van der Waals surface area (Å²) in [4.78, 5) is 75.4. The van der Waals surface area contributed by atoms with Crippen molar-refractivity contribution in [2.24, 2.45) is 16.0 Å². The largest absolute Gasteiger partial charge is 0.444 e. The molecule has 0 radical (unpaired) electrons. The van der Waals surface area contributed by atoms with Crippen molar-refractivity contribution >= 4 is 75.7 Å². The Balaban J connectivity index is 1.45. The number of oxime groups is 1. The van der Waals surface area contributed by atoms with Gasteiger partial charge in [-0.25, -0.2) is 9.48 Å². The first-order chi connectivity index (χ1) is 24.4. The molecule has 2 saturated heterocycles. The normalized spacial score (nSPS) is 20.2. The summed E-state index contributed by atoms with van der Waals surface area (Å²) in [6.45, 7) is 13.4. The quantitative estimate of drug-likeness (QED) is 0.0330. The second-order valence-electron chi connectivity index (χ2n) is 13.5. The minimum absolute atomic E-state index is 0.00591. The number of ether oxygens (including phenoxy) is 3. The molecule has 0 spiro atoms. The molecule has 0 aliphatic carbocycles. The number of hydrogen-bond acceptors (Lipinski definition) is 19. The number of nitrogens with one attached hydrogen (secondary N) is 2. The number of hydrogen-bond donors (Lipinski definition) is 3. The fourth-order valence-corrected chi connectivity index (χ4v) is 7.69. The van der Waals surface area contributed by atoms with Gasteiger partial charge in [-0.15, -0.1) is 16.9 Å². The number of thioether (sulfide) groups is 2. The number of amides is 3. The highest BCUT2D eigenvalue weighted by Gasteiger charge is 2.58. The highest BCUT2D eigenvalue weighted by atomic mass is 32.2. The van der Waals surface area contributed by atoms with Crippen LogP contribution in [0.1, 0.15) is 47.4 Å². The Hall–Kier alpha value is -4.51. The zero-order valence-electron chi connectivity index (χ0n) is 29.4. The van der Waals surface area contributed by atoms with Gasteiger partial charge in [-0.05, 0) is 52.0 Å². The summed E-state index contributed by atoms with van der Waals surface area (Å²) in [7, 11) is 0. The van der Waals surface area contributed by atoms with E-state index >= 15 is 0 Å². The molecule has 0 aromatic carbocycles. The number of β-lactam (4-membered cyclic amide) rings is 1. The van der Waals surface area contributed by atoms with Crippen molar-refractivity contribution < 1.29 is 43.0 Å². The number of anilines is 1. The topological polar surface area (TPSA) is 257 Å². The van der Waals surface area contributed by atoms with E-state index in [2.05, 4.69) is 47.3 Å². The standard InChI is InChI=1S/C29H41N11O9S3/c1-8-11-48-35-16(18-33-24(30)52-36-18)19(41)32-17-20(42)39-12-29(13-50-21(17)39,23(44)47-15-46-22(43)27(2,3)4)14-51-25-34-37-38-40(25)10-9-31-26(45)49-28(5,6)7/h8,17,21H,1,9-15H2,2-7H3,(H,31,45)(H,32,41)(H2,30,33,36)/t17?,21-,29?/m1/s1. The van der Waals surface area contributed by atoms with E-state index in [0.29, 0.717) is 5.16 Å². The van der Waals surface area contributed by atoms with E-state index in [1.165, 1.54) is 27.4 Å². The lowest BCUT2D eigenvalue weighted by molar-refractivity contribution is -0.180. The summed E-state index contributed by atoms with van der Waals surface area (Å²) >= 11 is 3.26. The van der Waals surface area contributed by atoms with Crippen molar-refractivity contribution in [1.29, 1.82) is 0 Å². The number of rotatable bonds is 15. The number of carbonyl (C=O) groups is 5. The first-order valence-corrected chi connectivity index (χ1v) is 18.6. The average Bonchev–Trinajstić information content (AvgIpc) is 3.71. The van der Waals surface area contributed by atoms with Crippen LogP contribution in [-0.4, -0.2) is 125 Å². The number of fused-ring (bicyclic) bond motifs is 1. The Kier molecular flexibility index (Phi) is 13.1. The Morgan fingerprint density at radius 3 is 2.60 bits per heavy atom. The van der Waals surface area contributed by atoms with Gasteiger partial charge in [0.2, 0.25) is 29.4 Å². The van der Waals surface area contributed by atoms with Crippen LogP contribution in [0.2, 0.25) is 0 Å². The summed E-state index contributed by atoms with van der Waals surface area (Å²) in [6.07, 6.45) is 0.836. The van der Waals surface area contributed by atoms with Gasteiger partial charge in [-0.3, -0.25) is 19.2 Å². The molecule has 2 aromatic heterocycles. The molecule has 2 aromatic rings. The van der Waals surface area contributed by atoms with Gasteiger partial charge in [0.1, 0.15) is 29.0 Å². The van der Waals surface area contributed by atoms with Gasteiger partial charge in [0.05, 0.1) is 12.0 Å². The molecule has 284 valence electrons. The van der Waals surface area contributed by atoms with Crippen LogP contribution in [0.4, 0.5) is 9.93 Å². The summed E-state index contributed by atoms with van der Waals surface area (Å²) in [5.41, 5.74) is 2.62. The minimum Gasteiger partial charge on any atom is -0.444 e. The van der Waals surface area contributed by atoms with E-state index in [1.807, 2.05) is 0 Å². The summed E-state index contributed by atoms with van der Waals surface area (Å²) in [5, 5.41) is 20.8. The number of nitrogen functional groups attached to an aromatic ring is 1. The van der Waals surface area contributed by atoms with Gasteiger partial charge in [0, 0.05) is 36.1 Å². The molecule has 2 fully saturated rings. The number of alkyl carbamates (subject to hydrolysis) is 1. The molecule has 2 unspecified atom stereocenters. The Bertz CT molecular complexity index is 1690. The summed E-state index contributed by atoms with van der Waals surface area (Å²) in [6, 6.07) is -0.961. The number of nitrogens with two attached hydrogens (primary N) is 1. The third-order valence-corrected chi connectivity index (χ3v) is 10.4. The second kappa shape index (κ2) is 16.9. The van der Waals surface area contributed by atoms with Crippen LogP contribution < -0.4 is 16.4 Å². The molecule has 23 heteroatoms. The van der Waals surface area contributed by atoms with Gasteiger partial charge >= 0.3 is 18.0 Å². The van der Waals surface area contributed by atoms with Crippen molar-refractivity contribution in [3.05, 3.63) is 18.5 Å². The smallest absolute Gasteiger partial charge is 0.407 e. The van der Waals surface area contributed by atoms with Crippen molar-refractivity contribution in [3.8, 4) is 0 Å². The molecule has 4 heterocycles. The van der Waals surface area contributed by atoms with Gasteiger partial charge in [-0.1, -0.05) is 29.6 Å². The number of carbonyl (C=O) groups excluding carboxylic acids is 5. The van der Waals surface area contributed by atoms with Crippen molar-refractivity contribution in [3.63, 3.8) is 0 Å². The van der Waals surface area contributed by atoms with E-state index in [0.717, 1.165) is 23.3 Å². The monoisotopic (exact) mass is 783 g/mol. The van der Waals surface area contributed by atoms with Crippen LogP contribution in [0.5, 0.6) is 0 Å². The van der Waals surface area contributed by atoms with Crippen molar-refractivity contribution in [2.45, 2.75) is 70.3 Å². The lowest BCUT2D eigenvalue weighted by Crippen LogP contribution is -2.74. The maximum Gasteiger partial charge on any atom is 0.407 e. The van der Waals surface area contributed by atoms with E-state index in [9.17, 15) is 24.0 Å². The molecule has 20 nitrogen and oxygen atoms in total. The molecule has 0 bridgehead atoms. The fraction of sp³-hybridized carbons (Fsp3) is 0.621. The molecule has 3 amide bonds. The summed E-state index contributed by atoms with van der Waals surface area (Å²) in [5.74, 6) is -2.35. The van der Waals surface area contributed by atoms with Crippen LogP contribution >= 0.6 is 35.1 Å². The maximum atomic E-state index is 13.7. The first-order valence-electron chi connectivity index (χ1n) is 15.8. The summed E-state index contributed by atoms with van der Waals surface area (Å²) < 4.78 is 21.3. The molecule has 52 heavy (non-hydrogen) atoms. The third-order valence-electron chi connectivity index (χ3n) is 7.04. The van der Waals surface area contributed by atoms with Crippen LogP contribution in [-0.2, 0) is 44.8 Å². The number of nitrogens with zero attached hydrogens (tertiary/aromatic N) is 8. The van der Waals surface area contributed by atoms with Gasteiger partial charge in [0.15, 0.2) is 5.13 Å². The van der Waals surface area contributed by atoms with E-state index < -0.39 is 64.5 Å². The SMILES string of the molecule is C=CCON=C(C(=O)NC1C(=O)N2CC(CSc3nnnn3CCNC(=O)OC(C)(C)C)(C(=O)OCOC(=O)C(C)(C)C)CS[C@H]12)c1nsc(N)n1. The van der Waals surface area contributed by atoms with Gasteiger partial charge in [-0.2, -0.15) is 9.36 Å². The van der Waals surface area contributed by atoms with E-state index in [-0.39, 0.29) is 54.4 Å². The third kappa shape index (κ3) is 10.3. The highest BCUT2D eigenvalue weighted by molar-refractivity contribution is 8.00. The maximum absolute atomic E-state index is 13.7. The van der Waals surface area contributed by atoms with Gasteiger partial charge in [0.25, 0.3) is 5.91 Å². The van der Waals surface area contributed by atoms with Crippen LogP contribution in [0.15, 0.2) is 23.0 Å². The molecule has 4 rings (SSSR count). The average molecular weight is 784 g/mol. The lowest BCUT2D eigenvalue weighted by Gasteiger charge is -2.54. The molecule has 2 aliphatic rings. The molecule has 2 aliphatic heterocycles. The molecule has 3 atom stereocenters. The Labute approximate surface area is 311 Å². The molecule has 0 saturated carbocycles. The zero-order chi connectivity index (χ0) is 38.3. The van der Waals surface area contributed by atoms with Crippen LogP contribution in [0.3, 0.4) is 0 Å². The molecular formula is C29H41N11O9S3. The first kappa shape index (κ1) is 40.3. The van der Waals surface area contributed by atoms with Crippen molar-refractivity contribution in [1.82, 2.24) is 45.1 Å². The zero-order valence-corrected chi connectivity index (χ0v) is 31.9. The van der Waals surface area contributed by atoms with E-state index in [4.69, 9.17) is 24.8 Å². The minimum atomic E-state index is -1.30. The molecular weight excluding hydrogens is 743 g/mol. The highest BCUT2D eigenvalue weighted by Crippen LogP contribution is 2.45. The predicted molar refractivity (Wildman–Crippen MR) is 189 cm³/mol. The number of esters is 2. The Morgan fingerprint density at radius 2 is 1.94 bits per heavy atom.